The van der Waals surface area contributed by atoms with Gasteiger partial charge in [-0.1, -0.05) is 23.7 Å². The van der Waals surface area contributed by atoms with Crippen molar-refractivity contribution >= 4 is 33.3 Å². The molecule has 138 valence electrons. The smallest absolute Gasteiger partial charge is 0.304 e. The number of benzene rings is 2. The predicted octanol–water partition coefficient (Wildman–Crippen LogP) is 2.91. The zero-order valence-electron chi connectivity index (χ0n) is 13.4. The van der Waals surface area contributed by atoms with E-state index >= 15 is 0 Å². The number of hydrogen-bond acceptors (Lipinski definition) is 5. The van der Waals surface area contributed by atoms with Crippen LogP contribution in [0.5, 0.6) is 0 Å². The Morgan fingerprint density at radius 1 is 1.12 bits per heavy atom. The largest absolute Gasteiger partial charge is 0.481 e. The maximum atomic E-state index is 12.8. The molecule has 0 aliphatic heterocycles. The van der Waals surface area contributed by atoms with Gasteiger partial charge in [0.1, 0.15) is 0 Å². The molecule has 0 fully saturated rings. The van der Waals surface area contributed by atoms with Crippen molar-refractivity contribution in [2.45, 2.75) is 17.9 Å². The van der Waals surface area contributed by atoms with Gasteiger partial charge in [0.25, 0.3) is 5.69 Å². The van der Waals surface area contributed by atoms with E-state index in [-0.39, 0.29) is 30.1 Å². The third kappa shape index (κ3) is 5.01. The number of carboxylic acids is 1. The van der Waals surface area contributed by atoms with Gasteiger partial charge in [0.15, 0.2) is 0 Å². The molecule has 0 aliphatic rings. The molecule has 0 spiro atoms. The summed E-state index contributed by atoms with van der Waals surface area (Å²) in [5, 5.41) is 20.1. The van der Waals surface area contributed by atoms with Gasteiger partial charge in [0.2, 0.25) is 10.0 Å². The molecule has 0 saturated heterocycles. The second-order valence-corrected chi connectivity index (χ2v) is 7.73. The summed E-state index contributed by atoms with van der Waals surface area (Å²) in [5.41, 5.74) is 0.393. The van der Waals surface area contributed by atoms with Crippen molar-refractivity contribution in [2.75, 3.05) is 6.54 Å². The van der Waals surface area contributed by atoms with E-state index in [1.165, 1.54) is 0 Å². The van der Waals surface area contributed by atoms with Crippen LogP contribution in [0.2, 0.25) is 5.02 Å². The molecule has 10 heteroatoms. The zero-order valence-corrected chi connectivity index (χ0v) is 15.0. The van der Waals surface area contributed by atoms with E-state index in [1.807, 2.05) is 0 Å². The highest BCUT2D eigenvalue weighted by molar-refractivity contribution is 7.89. The second-order valence-electron chi connectivity index (χ2n) is 5.36. The Kier molecular flexibility index (Phi) is 6.30. The van der Waals surface area contributed by atoms with Crippen molar-refractivity contribution in [3.05, 3.63) is 69.2 Å². The van der Waals surface area contributed by atoms with E-state index in [0.29, 0.717) is 10.6 Å². The number of nitro benzene ring substituents is 1. The zero-order chi connectivity index (χ0) is 19.3. The standard InChI is InChI=1S/C16H15ClN2O6S/c17-13-3-1-12(2-4-13)11-18(10-9-16(20)21)26(24,25)15-7-5-14(6-8-15)19(22)23/h1-8H,9-11H2,(H,20,21). The van der Waals surface area contributed by atoms with Crippen LogP contribution in [-0.4, -0.2) is 35.3 Å². The molecule has 0 amide bonds. The maximum Gasteiger partial charge on any atom is 0.304 e. The second kappa shape index (κ2) is 8.26. The van der Waals surface area contributed by atoms with Gasteiger partial charge in [-0.3, -0.25) is 14.9 Å². The van der Waals surface area contributed by atoms with Crippen LogP contribution in [0.1, 0.15) is 12.0 Å². The molecule has 1 N–H and O–H groups in total. The topological polar surface area (TPSA) is 118 Å². The first kappa shape index (κ1) is 19.8. The van der Waals surface area contributed by atoms with Gasteiger partial charge >= 0.3 is 5.97 Å². The number of carbonyl (C=O) groups is 1. The molecule has 0 bridgehead atoms. The first-order valence-electron chi connectivity index (χ1n) is 7.41. The molecule has 0 radical (unpaired) electrons. The summed E-state index contributed by atoms with van der Waals surface area (Å²) < 4.78 is 26.7. The fourth-order valence-corrected chi connectivity index (χ4v) is 3.74. The number of hydrogen-bond donors (Lipinski definition) is 1. The molecule has 0 saturated carbocycles. The Morgan fingerprint density at radius 2 is 1.69 bits per heavy atom. The number of nitro groups is 1. The molecule has 2 aromatic carbocycles. The lowest BCUT2D eigenvalue weighted by atomic mass is 10.2. The van der Waals surface area contributed by atoms with Gasteiger partial charge in [-0.05, 0) is 29.8 Å². The number of non-ortho nitro benzene ring substituents is 1. The molecule has 0 aromatic heterocycles. The van der Waals surface area contributed by atoms with Gasteiger partial charge < -0.3 is 5.11 Å². The number of rotatable bonds is 8. The molecule has 0 aliphatic carbocycles. The minimum Gasteiger partial charge on any atom is -0.481 e. The van der Waals surface area contributed by atoms with E-state index in [0.717, 1.165) is 28.6 Å². The number of sulfonamides is 1. The summed E-state index contributed by atoms with van der Waals surface area (Å²) in [6.45, 7) is -0.291. The van der Waals surface area contributed by atoms with Crippen LogP contribution in [0.15, 0.2) is 53.4 Å². The highest BCUT2D eigenvalue weighted by atomic mass is 35.5. The molecule has 0 unspecified atom stereocenters. The van der Waals surface area contributed by atoms with Gasteiger partial charge in [0.05, 0.1) is 16.2 Å². The van der Waals surface area contributed by atoms with Crippen molar-refractivity contribution in [1.29, 1.82) is 0 Å². The van der Waals surface area contributed by atoms with Crippen molar-refractivity contribution in [3.63, 3.8) is 0 Å². The average molecular weight is 399 g/mol. The molecule has 0 atom stereocenters. The third-order valence-corrected chi connectivity index (χ3v) is 5.64. The van der Waals surface area contributed by atoms with Crippen molar-refractivity contribution < 1.29 is 23.2 Å². The van der Waals surface area contributed by atoms with E-state index in [4.69, 9.17) is 16.7 Å². The van der Waals surface area contributed by atoms with Crippen LogP contribution in [0.3, 0.4) is 0 Å². The van der Waals surface area contributed by atoms with E-state index < -0.39 is 20.9 Å². The van der Waals surface area contributed by atoms with Crippen LogP contribution < -0.4 is 0 Å². The van der Waals surface area contributed by atoms with Crippen LogP contribution in [0.4, 0.5) is 5.69 Å². The minimum absolute atomic E-state index is 0.0518. The highest BCUT2D eigenvalue weighted by Gasteiger charge is 2.26. The van der Waals surface area contributed by atoms with Gasteiger partial charge in [-0.15, -0.1) is 0 Å². The first-order valence-corrected chi connectivity index (χ1v) is 9.23. The third-order valence-electron chi connectivity index (χ3n) is 3.53. The normalized spacial score (nSPS) is 11.5. The van der Waals surface area contributed by atoms with Crippen molar-refractivity contribution in [2.24, 2.45) is 0 Å². The number of aliphatic carboxylic acids is 1. The number of carboxylic acid groups (broad SMARTS) is 1. The van der Waals surface area contributed by atoms with Crippen molar-refractivity contribution in [1.82, 2.24) is 4.31 Å². The molecule has 0 heterocycles. The summed E-state index contributed by atoms with van der Waals surface area (Å²) in [7, 11) is -4.03. The highest BCUT2D eigenvalue weighted by Crippen LogP contribution is 2.22. The fraction of sp³-hybridized carbons (Fsp3) is 0.188. The molecule has 2 rings (SSSR count). The van der Waals surface area contributed by atoms with E-state index in [2.05, 4.69) is 0 Å². The fourth-order valence-electron chi connectivity index (χ4n) is 2.19. The monoisotopic (exact) mass is 398 g/mol. The Morgan fingerprint density at radius 3 is 2.19 bits per heavy atom. The van der Waals surface area contributed by atoms with Gasteiger partial charge in [0, 0.05) is 30.2 Å². The number of nitrogens with zero attached hydrogens (tertiary/aromatic N) is 2. The molecule has 2 aromatic rings. The van der Waals surface area contributed by atoms with Crippen molar-refractivity contribution in [3.8, 4) is 0 Å². The molecule has 26 heavy (non-hydrogen) atoms. The summed E-state index contributed by atoms with van der Waals surface area (Å²) in [6.07, 6.45) is -0.375. The Bertz CT molecular complexity index is 897. The predicted molar refractivity (Wildman–Crippen MR) is 94.4 cm³/mol. The molecule has 8 nitrogen and oxygen atoms in total. The minimum atomic E-state index is -4.03. The Labute approximate surface area is 154 Å². The summed E-state index contributed by atoms with van der Waals surface area (Å²) in [5.74, 6) is -1.13. The van der Waals surface area contributed by atoms with E-state index in [9.17, 15) is 23.3 Å². The van der Waals surface area contributed by atoms with E-state index in [1.54, 1.807) is 24.3 Å². The van der Waals surface area contributed by atoms with Crippen LogP contribution in [-0.2, 0) is 21.4 Å². The first-order chi connectivity index (χ1) is 12.2. The van der Waals surface area contributed by atoms with Crippen LogP contribution in [0.25, 0.3) is 0 Å². The Balaban J connectivity index is 2.33. The van der Waals surface area contributed by atoms with Gasteiger partial charge in [-0.2, -0.15) is 4.31 Å². The maximum absolute atomic E-state index is 12.8. The summed E-state index contributed by atoms with van der Waals surface area (Å²) in [4.78, 5) is 20.8. The van der Waals surface area contributed by atoms with Gasteiger partial charge in [-0.25, -0.2) is 8.42 Å². The summed E-state index contributed by atoms with van der Waals surface area (Å²) >= 11 is 5.81. The lowest BCUT2D eigenvalue weighted by Gasteiger charge is -2.21. The van der Waals surface area contributed by atoms with Crippen LogP contribution >= 0.6 is 11.6 Å². The molecular formula is C16H15ClN2O6S. The Hall–Kier alpha value is -2.49. The number of halogens is 1. The average Bonchev–Trinajstić information content (AvgIpc) is 2.60. The molecular weight excluding hydrogens is 384 g/mol. The quantitative estimate of drug-likeness (QED) is 0.539. The van der Waals surface area contributed by atoms with Crippen LogP contribution in [0, 0.1) is 10.1 Å². The summed E-state index contributed by atoms with van der Waals surface area (Å²) in [6, 6.07) is 10.9. The SMILES string of the molecule is O=C(O)CCN(Cc1ccc(Cl)cc1)S(=O)(=O)c1ccc([N+](=O)[O-])cc1. The lowest BCUT2D eigenvalue weighted by Crippen LogP contribution is -2.32. The lowest BCUT2D eigenvalue weighted by molar-refractivity contribution is -0.384.